The molecule has 116 valence electrons. The average molecular weight is 308 g/mol. The third-order valence-electron chi connectivity index (χ3n) is 4.34. The minimum Gasteiger partial charge on any atom is -0.382 e. The molecule has 0 aliphatic heterocycles. The molecule has 0 spiro atoms. The Morgan fingerprint density at radius 2 is 2.05 bits per heavy atom. The standard InChI is InChI=1S/C15H24N4OS/c1-2-7-17-15-19-13(16)12(21-15)14(20)18-8-11(9-3-4-9)10-5-6-10/h9-11H,2-8,16H2,1H3,(H,17,19)(H,18,20). The summed E-state index contributed by atoms with van der Waals surface area (Å²) in [6.45, 7) is 3.73. The number of anilines is 2. The maximum Gasteiger partial charge on any atom is 0.265 e. The third kappa shape index (κ3) is 3.67. The zero-order chi connectivity index (χ0) is 14.8. The largest absolute Gasteiger partial charge is 0.382 e. The molecule has 2 aliphatic rings. The van der Waals surface area contributed by atoms with E-state index in [0.717, 1.165) is 36.5 Å². The predicted octanol–water partition coefficient (Wildman–Crippen LogP) is 2.71. The fourth-order valence-electron chi connectivity index (χ4n) is 2.86. The molecule has 0 aromatic carbocycles. The molecule has 1 aromatic rings. The van der Waals surface area contributed by atoms with Crippen molar-refractivity contribution in [3.8, 4) is 0 Å². The van der Waals surface area contributed by atoms with E-state index in [2.05, 4.69) is 22.5 Å². The summed E-state index contributed by atoms with van der Waals surface area (Å²) in [4.78, 5) is 17.1. The van der Waals surface area contributed by atoms with Crippen LogP contribution in [-0.4, -0.2) is 24.0 Å². The Kier molecular flexibility index (Phi) is 4.33. The number of nitrogen functional groups attached to an aromatic ring is 1. The highest BCUT2D eigenvalue weighted by molar-refractivity contribution is 7.18. The SMILES string of the molecule is CCCNc1nc(N)c(C(=O)NCC(C2CC2)C2CC2)s1. The van der Waals surface area contributed by atoms with Crippen LogP contribution in [0.15, 0.2) is 0 Å². The van der Waals surface area contributed by atoms with Gasteiger partial charge in [0.25, 0.3) is 5.91 Å². The van der Waals surface area contributed by atoms with Crippen LogP contribution in [0, 0.1) is 17.8 Å². The second kappa shape index (κ2) is 6.22. The summed E-state index contributed by atoms with van der Waals surface area (Å²) in [6, 6.07) is 0. The molecule has 6 heteroatoms. The first kappa shape index (κ1) is 14.6. The summed E-state index contributed by atoms with van der Waals surface area (Å²) in [5.74, 6) is 2.64. The van der Waals surface area contributed by atoms with E-state index in [-0.39, 0.29) is 5.91 Å². The highest BCUT2D eigenvalue weighted by atomic mass is 32.1. The number of hydrogen-bond donors (Lipinski definition) is 3. The Morgan fingerprint density at radius 3 is 2.62 bits per heavy atom. The van der Waals surface area contributed by atoms with Crippen molar-refractivity contribution in [2.75, 3.05) is 24.1 Å². The average Bonchev–Trinajstić information content (AvgIpc) is 3.36. The van der Waals surface area contributed by atoms with Crippen LogP contribution >= 0.6 is 11.3 Å². The molecule has 2 aliphatic carbocycles. The lowest BCUT2D eigenvalue weighted by molar-refractivity contribution is 0.0948. The molecule has 0 unspecified atom stereocenters. The molecule has 5 nitrogen and oxygen atoms in total. The molecule has 1 amide bonds. The van der Waals surface area contributed by atoms with E-state index in [1.165, 1.54) is 37.0 Å². The number of carbonyl (C=O) groups is 1. The van der Waals surface area contributed by atoms with Crippen LogP contribution in [0.2, 0.25) is 0 Å². The molecule has 21 heavy (non-hydrogen) atoms. The van der Waals surface area contributed by atoms with Crippen molar-refractivity contribution in [1.29, 1.82) is 0 Å². The molecule has 3 rings (SSSR count). The summed E-state index contributed by atoms with van der Waals surface area (Å²) in [6.07, 6.45) is 6.37. The number of carbonyl (C=O) groups excluding carboxylic acids is 1. The van der Waals surface area contributed by atoms with Gasteiger partial charge in [0.05, 0.1) is 0 Å². The molecule has 4 N–H and O–H groups in total. The van der Waals surface area contributed by atoms with Gasteiger partial charge in [0.15, 0.2) is 5.13 Å². The van der Waals surface area contributed by atoms with Crippen LogP contribution in [0.25, 0.3) is 0 Å². The van der Waals surface area contributed by atoms with Crippen LogP contribution in [0.3, 0.4) is 0 Å². The first-order valence-electron chi connectivity index (χ1n) is 7.97. The summed E-state index contributed by atoms with van der Waals surface area (Å²) in [5, 5.41) is 6.99. The van der Waals surface area contributed by atoms with Crippen molar-refractivity contribution >= 4 is 28.2 Å². The maximum atomic E-state index is 12.3. The van der Waals surface area contributed by atoms with Gasteiger partial charge in [0.1, 0.15) is 10.7 Å². The van der Waals surface area contributed by atoms with Crippen molar-refractivity contribution in [1.82, 2.24) is 10.3 Å². The molecule has 1 aromatic heterocycles. The van der Waals surface area contributed by atoms with Gasteiger partial charge in [0.2, 0.25) is 0 Å². The molecule has 0 atom stereocenters. The fraction of sp³-hybridized carbons (Fsp3) is 0.733. The normalized spacial score (nSPS) is 18.0. The van der Waals surface area contributed by atoms with E-state index in [1.54, 1.807) is 0 Å². The molecular formula is C15H24N4OS. The van der Waals surface area contributed by atoms with Gasteiger partial charge in [-0.2, -0.15) is 0 Å². The van der Waals surface area contributed by atoms with Crippen LogP contribution < -0.4 is 16.4 Å². The van der Waals surface area contributed by atoms with Crippen molar-refractivity contribution in [2.45, 2.75) is 39.0 Å². The van der Waals surface area contributed by atoms with Gasteiger partial charge in [-0.15, -0.1) is 0 Å². The van der Waals surface area contributed by atoms with Gasteiger partial charge in [-0.05, 0) is 49.9 Å². The maximum absolute atomic E-state index is 12.3. The van der Waals surface area contributed by atoms with Gasteiger partial charge < -0.3 is 16.4 Å². The predicted molar refractivity (Wildman–Crippen MR) is 86.6 cm³/mol. The van der Waals surface area contributed by atoms with Gasteiger partial charge >= 0.3 is 0 Å². The molecule has 2 fully saturated rings. The lowest BCUT2D eigenvalue weighted by atomic mass is 9.98. The van der Waals surface area contributed by atoms with E-state index in [4.69, 9.17) is 5.73 Å². The number of nitrogens with one attached hydrogen (secondary N) is 2. The first-order chi connectivity index (χ1) is 10.2. The van der Waals surface area contributed by atoms with E-state index >= 15 is 0 Å². The second-order valence-electron chi connectivity index (χ2n) is 6.21. The Morgan fingerprint density at radius 1 is 1.38 bits per heavy atom. The Hall–Kier alpha value is -1.30. The Balaban J connectivity index is 1.55. The molecule has 2 saturated carbocycles. The van der Waals surface area contributed by atoms with Gasteiger partial charge in [-0.3, -0.25) is 4.79 Å². The number of nitrogens with two attached hydrogens (primary N) is 1. The summed E-state index contributed by atoms with van der Waals surface area (Å²) >= 11 is 1.35. The number of hydrogen-bond acceptors (Lipinski definition) is 5. The van der Waals surface area contributed by atoms with Crippen molar-refractivity contribution in [3.05, 3.63) is 4.88 Å². The zero-order valence-electron chi connectivity index (χ0n) is 12.5. The monoisotopic (exact) mass is 308 g/mol. The van der Waals surface area contributed by atoms with Crippen molar-refractivity contribution in [3.63, 3.8) is 0 Å². The van der Waals surface area contributed by atoms with Crippen LogP contribution in [0.1, 0.15) is 48.7 Å². The molecule has 0 bridgehead atoms. The first-order valence-corrected chi connectivity index (χ1v) is 8.79. The highest BCUT2D eigenvalue weighted by Gasteiger charge is 2.41. The van der Waals surface area contributed by atoms with Gasteiger partial charge in [-0.1, -0.05) is 18.3 Å². The van der Waals surface area contributed by atoms with E-state index in [9.17, 15) is 4.79 Å². The van der Waals surface area contributed by atoms with Crippen molar-refractivity contribution in [2.24, 2.45) is 17.8 Å². The number of thiazole rings is 1. The zero-order valence-corrected chi connectivity index (χ0v) is 13.3. The minimum atomic E-state index is -0.0687. The summed E-state index contributed by atoms with van der Waals surface area (Å²) in [7, 11) is 0. The van der Waals surface area contributed by atoms with Crippen LogP contribution in [0.5, 0.6) is 0 Å². The number of nitrogens with zero attached hydrogens (tertiary/aromatic N) is 1. The van der Waals surface area contributed by atoms with Crippen molar-refractivity contribution < 1.29 is 4.79 Å². The lowest BCUT2D eigenvalue weighted by Crippen LogP contribution is -2.31. The minimum absolute atomic E-state index is 0.0687. The topological polar surface area (TPSA) is 80.0 Å². The molecule has 0 radical (unpaired) electrons. The number of aromatic nitrogens is 1. The van der Waals surface area contributed by atoms with E-state index in [1.807, 2.05) is 0 Å². The molecule has 1 heterocycles. The number of rotatable bonds is 8. The van der Waals surface area contributed by atoms with E-state index in [0.29, 0.717) is 16.6 Å². The second-order valence-corrected chi connectivity index (χ2v) is 7.21. The molecular weight excluding hydrogens is 284 g/mol. The highest BCUT2D eigenvalue weighted by Crippen LogP contribution is 2.48. The Bertz CT molecular complexity index is 496. The smallest absolute Gasteiger partial charge is 0.265 e. The third-order valence-corrected chi connectivity index (χ3v) is 5.37. The molecule has 0 saturated heterocycles. The summed E-state index contributed by atoms with van der Waals surface area (Å²) < 4.78 is 0. The lowest BCUT2D eigenvalue weighted by Gasteiger charge is -2.15. The Labute approximate surface area is 129 Å². The summed E-state index contributed by atoms with van der Waals surface area (Å²) in [5.41, 5.74) is 5.86. The van der Waals surface area contributed by atoms with E-state index < -0.39 is 0 Å². The fourth-order valence-corrected chi connectivity index (χ4v) is 3.69. The quantitative estimate of drug-likeness (QED) is 0.690. The van der Waals surface area contributed by atoms with Crippen LogP contribution in [-0.2, 0) is 0 Å². The van der Waals surface area contributed by atoms with Crippen LogP contribution in [0.4, 0.5) is 10.9 Å². The van der Waals surface area contributed by atoms with Gasteiger partial charge in [-0.25, -0.2) is 4.98 Å². The number of amides is 1. The van der Waals surface area contributed by atoms with Gasteiger partial charge in [0, 0.05) is 13.1 Å².